The molecule has 0 atom stereocenters. The van der Waals surface area contributed by atoms with Gasteiger partial charge in [0.25, 0.3) is 0 Å². The van der Waals surface area contributed by atoms with Crippen LogP contribution in [0.5, 0.6) is 17.2 Å². The Morgan fingerprint density at radius 2 is 1.52 bits per heavy atom. The van der Waals surface area contributed by atoms with Gasteiger partial charge < -0.3 is 23.2 Å². The first-order chi connectivity index (χ1) is 11.7. The number of hydrogen-bond donors (Lipinski definition) is 0. The van der Waals surface area contributed by atoms with Crippen molar-refractivity contribution < 1.29 is 18.6 Å². The zero-order chi connectivity index (χ0) is 18.9. The van der Waals surface area contributed by atoms with Crippen LogP contribution in [0.1, 0.15) is 32.2 Å². The molecule has 0 aliphatic heterocycles. The third-order valence-electron chi connectivity index (χ3n) is 4.13. The van der Waals surface area contributed by atoms with Gasteiger partial charge in [-0.15, -0.1) is 0 Å². The fourth-order valence-electron chi connectivity index (χ4n) is 3.10. The van der Waals surface area contributed by atoms with Crippen LogP contribution in [0, 0.1) is 0 Å². The van der Waals surface area contributed by atoms with Crippen molar-refractivity contribution >= 4 is 20.1 Å². The van der Waals surface area contributed by atoms with Gasteiger partial charge in [0.05, 0.1) is 33.5 Å². The number of nitrogens with zero attached hydrogens (tertiary/aromatic N) is 2. The maximum atomic E-state index is 6.02. The van der Waals surface area contributed by atoms with Crippen molar-refractivity contribution in [2.75, 3.05) is 21.3 Å². The average molecular weight is 367 g/mol. The summed E-state index contributed by atoms with van der Waals surface area (Å²) >= 11 is 0. The number of aromatic nitrogens is 2. The molecule has 6 nitrogen and oxygen atoms in total. The number of benzene rings is 1. The molecule has 0 amide bonds. The molecule has 0 fully saturated rings. The van der Waals surface area contributed by atoms with Crippen molar-refractivity contribution in [3.05, 3.63) is 11.4 Å². The molecule has 1 heterocycles. The van der Waals surface area contributed by atoms with Gasteiger partial charge in [0.2, 0.25) is 5.75 Å². The molecule has 0 radical (unpaired) electrons. The number of rotatable bonds is 6. The molecule has 0 aliphatic rings. The average Bonchev–Trinajstić information content (AvgIpc) is 2.88. The minimum absolute atomic E-state index is 0.107. The summed E-state index contributed by atoms with van der Waals surface area (Å²) in [5.74, 6) is 2.76. The van der Waals surface area contributed by atoms with Gasteiger partial charge >= 0.3 is 0 Å². The standard InChI is InChI=1S/C18H30N2O4Si/c1-18(2,3)17-19-12-13(20(17)4)11(10-24-25(8)9)14(21-5)16(23-7)15(12)22-6/h25H,10H2,1-9H3. The lowest BCUT2D eigenvalue weighted by atomic mass is 9.96. The van der Waals surface area contributed by atoms with Crippen molar-refractivity contribution in [3.8, 4) is 17.2 Å². The Bertz CT molecular complexity index is 763. The van der Waals surface area contributed by atoms with Gasteiger partial charge in [0, 0.05) is 18.0 Å². The summed E-state index contributed by atoms with van der Waals surface area (Å²) in [5.41, 5.74) is 2.58. The molecule has 140 valence electrons. The van der Waals surface area contributed by atoms with E-state index in [1.54, 1.807) is 21.3 Å². The molecule has 0 N–H and O–H groups in total. The first kappa shape index (κ1) is 19.6. The van der Waals surface area contributed by atoms with Crippen LogP contribution in [0.2, 0.25) is 13.1 Å². The summed E-state index contributed by atoms with van der Waals surface area (Å²) in [5, 5.41) is 0. The zero-order valence-electron chi connectivity index (χ0n) is 16.8. The van der Waals surface area contributed by atoms with Crippen LogP contribution < -0.4 is 14.2 Å². The molecule has 1 aromatic carbocycles. The van der Waals surface area contributed by atoms with Crippen LogP contribution in [0.25, 0.3) is 11.0 Å². The third kappa shape index (κ3) is 3.48. The molecular weight excluding hydrogens is 336 g/mol. The van der Waals surface area contributed by atoms with E-state index in [-0.39, 0.29) is 5.41 Å². The normalized spacial score (nSPS) is 12.1. The predicted octanol–water partition coefficient (Wildman–Crippen LogP) is 3.40. The van der Waals surface area contributed by atoms with Crippen LogP contribution >= 0.6 is 0 Å². The van der Waals surface area contributed by atoms with Crippen molar-refractivity contribution in [3.63, 3.8) is 0 Å². The van der Waals surface area contributed by atoms with Gasteiger partial charge in [0.15, 0.2) is 20.5 Å². The maximum Gasteiger partial charge on any atom is 0.206 e. The molecule has 0 unspecified atom stereocenters. The van der Waals surface area contributed by atoms with Gasteiger partial charge in [-0.25, -0.2) is 4.98 Å². The predicted molar refractivity (Wildman–Crippen MR) is 103 cm³/mol. The number of aryl methyl sites for hydroxylation is 1. The first-order valence-electron chi connectivity index (χ1n) is 8.46. The lowest BCUT2D eigenvalue weighted by molar-refractivity contribution is 0.292. The summed E-state index contributed by atoms with van der Waals surface area (Å²) in [6.45, 7) is 11.2. The highest BCUT2D eigenvalue weighted by Crippen LogP contribution is 2.47. The van der Waals surface area contributed by atoms with E-state index in [1.807, 2.05) is 7.05 Å². The highest BCUT2D eigenvalue weighted by atomic mass is 28.3. The Hall–Kier alpha value is -1.73. The van der Waals surface area contributed by atoms with E-state index in [2.05, 4.69) is 38.4 Å². The number of methoxy groups -OCH3 is 3. The quantitative estimate of drug-likeness (QED) is 0.734. The minimum Gasteiger partial charge on any atom is -0.492 e. The Kier molecular flexibility index (Phi) is 5.68. The number of imidazole rings is 1. The number of hydrogen-bond acceptors (Lipinski definition) is 5. The fraction of sp³-hybridized carbons (Fsp3) is 0.611. The van der Waals surface area contributed by atoms with Gasteiger partial charge in [0.1, 0.15) is 11.3 Å². The Balaban J connectivity index is 2.92. The Morgan fingerprint density at radius 3 is 1.96 bits per heavy atom. The molecular formula is C18H30N2O4Si. The van der Waals surface area contributed by atoms with Crippen LogP contribution in [0.3, 0.4) is 0 Å². The fourth-order valence-corrected chi connectivity index (χ4v) is 3.60. The van der Waals surface area contributed by atoms with Crippen LogP contribution in [-0.2, 0) is 23.5 Å². The molecule has 25 heavy (non-hydrogen) atoms. The van der Waals surface area contributed by atoms with Gasteiger partial charge in [-0.3, -0.25) is 0 Å². The lowest BCUT2D eigenvalue weighted by Gasteiger charge is -2.20. The van der Waals surface area contributed by atoms with E-state index in [4.69, 9.17) is 23.6 Å². The second kappa shape index (κ2) is 7.25. The highest BCUT2D eigenvalue weighted by molar-refractivity contribution is 6.48. The molecule has 0 aliphatic carbocycles. The second-order valence-corrected chi connectivity index (χ2v) is 9.81. The minimum atomic E-state index is -1.20. The van der Waals surface area contributed by atoms with E-state index in [1.165, 1.54) is 0 Å². The molecule has 7 heteroatoms. The zero-order valence-corrected chi connectivity index (χ0v) is 18.0. The molecule has 0 bridgehead atoms. The number of ether oxygens (including phenoxy) is 3. The van der Waals surface area contributed by atoms with Crippen LogP contribution in [0.4, 0.5) is 0 Å². The van der Waals surface area contributed by atoms with Gasteiger partial charge in [-0.05, 0) is 13.1 Å². The molecule has 0 saturated heterocycles. The van der Waals surface area contributed by atoms with Gasteiger partial charge in [-0.1, -0.05) is 20.8 Å². The van der Waals surface area contributed by atoms with E-state index in [0.29, 0.717) is 23.9 Å². The van der Waals surface area contributed by atoms with E-state index in [0.717, 1.165) is 22.4 Å². The van der Waals surface area contributed by atoms with Crippen molar-refractivity contribution in [1.82, 2.24) is 9.55 Å². The first-order valence-corrected chi connectivity index (χ1v) is 11.2. The third-order valence-corrected chi connectivity index (χ3v) is 4.96. The smallest absolute Gasteiger partial charge is 0.206 e. The lowest BCUT2D eigenvalue weighted by Crippen LogP contribution is -2.17. The largest absolute Gasteiger partial charge is 0.492 e. The molecule has 1 aromatic heterocycles. The molecule has 2 rings (SSSR count). The topological polar surface area (TPSA) is 54.7 Å². The van der Waals surface area contributed by atoms with E-state index >= 15 is 0 Å². The summed E-state index contributed by atoms with van der Waals surface area (Å²) in [6, 6.07) is 0. The highest BCUT2D eigenvalue weighted by Gasteiger charge is 2.30. The molecule has 2 aromatic rings. The second-order valence-electron chi connectivity index (χ2n) is 7.38. The van der Waals surface area contributed by atoms with Crippen molar-refractivity contribution in [1.29, 1.82) is 0 Å². The van der Waals surface area contributed by atoms with E-state index < -0.39 is 9.04 Å². The van der Waals surface area contributed by atoms with Crippen LogP contribution in [0.15, 0.2) is 0 Å². The molecule has 0 spiro atoms. The summed E-state index contributed by atoms with van der Waals surface area (Å²) in [7, 11) is 5.71. The maximum absolute atomic E-state index is 6.02. The van der Waals surface area contributed by atoms with E-state index in [9.17, 15) is 0 Å². The Labute approximate surface area is 151 Å². The Morgan fingerprint density at radius 1 is 0.960 bits per heavy atom. The summed E-state index contributed by atoms with van der Waals surface area (Å²) < 4.78 is 25.1. The number of fused-ring (bicyclic) bond motifs is 1. The monoisotopic (exact) mass is 366 g/mol. The summed E-state index contributed by atoms with van der Waals surface area (Å²) in [4.78, 5) is 4.88. The van der Waals surface area contributed by atoms with Crippen molar-refractivity contribution in [2.24, 2.45) is 7.05 Å². The summed E-state index contributed by atoms with van der Waals surface area (Å²) in [6.07, 6.45) is 0. The molecule has 0 saturated carbocycles. The van der Waals surface area contributed by atoms with Crippen molar-refractivity contribution in [2.45, 2.75) is 45.9 Å². The SMILES string of the molecule is COc1c(OC)c(CO[SiH](C)C)c2c(nc(C(C)(C)C)n2C)c1OC. The van der Waals surface area contributed by atoms with Gasteiger partial charge in [-0.2, -0.15) is 0 Å². The van der Waals surface area contributed by atoms with Crippen LogP contribution in [-0.4, -0.2) is 39.9 Å².